The van der Waals surface area contributed by atoms with Gasteiger partial charge in [-0.15, -0.1) is 10.2 Å². The molecule has 1 atom stereocenters. The lowest BCUT2D eigenvalue weighted by atomic mass is 10.00. The van der Waals surface area contributed by atoms with E-state index in [1.165, 1.54) is 24.2 Å². The topological polar surface area (TPSA) is 171 Å². The SMILES string of the molecule is COC(=O)Nc1ccc(-c2cc(C(Cc3ccccc3)NC(=O)/C=C/c3cc(Cl)ccc3-n3cnnn3)nnc2S(C)(=O)=O)cc1. The smallest absolute Gasteiger partial charge is 0.411 e. The van der Waals surface area contributed by atoms with Crippen molar-refractivity contribution < 1.29 is 22.7 Å². The van der Waals surface area contributed by atoms with Crippen LogP contribution >= 0.6 is 11.6 Å². The molecule has 0 saturated carbocycles. The van der Waals surface area contributed by atoms with E-state index < -0.39 is 27.9 Å². The van der Waals surface area contributed by atoms with Crippen LogP contribution in [-0.4, -0.2) is 64.2 Å². The number of carbonyl (C=O) groups is 2. The zero-order valence-electron chi connectivity index (χ0n) is 24.5. The molecule has 13 nitrogen and oxygen atoms in total. The van der Waals surface area contributed by atoms with Gasteiger partial charge in [0.05, 0.1) is 24.5 Å². The van der Waals surface area contributed by atoms with Crippen LogP contribution in [0.1, 0.15) is 22.9 Å². The third-order valence-electron chi connectivity index (χ3n) is 6.71. The molecule has 2 heterocycles. The number of hydrogen-bond acceptors (Lipinski definition) is 10. The zero-order chi connectivity index (χ0) is 32.7. The zero-order valence-corrected chi connectivity index (χ0v) is 26.1. The number of carbonyl (C=O) groups excluding carboxylic acids is 2. The highest BCUT2D eigenvalue weighted by molar-refractivity contribution is 7.90. The van der Waals surface area contributed by atoms with Crippen LogP contribution in [0.15, 0.2) is 96.3 Å². The fourth-order valence-electron chi connectivity index (χ4n) is 4.55. The molecule has 2 N–H and O–H groups in total. The molecular formula is C31H27ClN8O5S. The Morgan fingerprint density at radius 2 is 1.78 bits per heavy atom. The lowest BCUT2D eigenvalue weighted by Crippen LogP contribution is -2.29. The molecule has 2 aromatic heterocycles. The Morgan fingerprint density at radius 1 is 1.02 bits per heavy atom. The number of ether oxygens (including phenoxy) is 1. The second kappa shape index (κ2) is 14.1. The maximum atomic E-state index is 13.3. The minimum absolute atomic E-state index is 0.231. The Morgan fingerprint density at radius 3 is 2.46 bits per heavy atom. The molecule has 1 unspecified atom stereocenters. The molecule has 0 radical (unpaired) electrons. The first-order chi connectivity index (χ1) is 22.1. The third kappa shape index (κ3) is 7.97. The molecule has 5 rings (SSSR count). The predicted octanol–water partition coefficient (Wildman–Crippen LogP) is 4.47. The minimum atomic E-state index is -3.79. The van der Waals surface area contributed by atoms with Crippen LogP contribution in [0.3, 0.4) is 0 Å². The van der Waals surface area contributed by atoms with Crippen LogP contribution in [0, 0.1) is 0 Å². The van der Waals surface area contributed by atoms with E-state index in [0.717, 1.165) is 11.8 Å². The molecule has 234 valence electrons. The summed E-state index contributed by atoms with van der Waals surface area (Å²) in [5.74, 6) is -0.447. The first-order valence-electron chi connectivity index (χ1n) is 13.7. The van der Waals surface area contributed by atoms with Crippen LogP contribution in [0.25, 0.3) is 22.9 Å². The van der Waals surface area contributed by atoms with E-state index in [1.54, 1.807) is 54.6 Å². The largest absolute Gasteiger partial charge is 0.453 e. The molecule has 0 aliphatic rings. The number of nitrogens with one attached hydrogen (secondary N) is 2. The molecule has 0 saturated heterocycles. The van der Waals surface area contributed by atoms with E-state index in [9.17, 15) is 18.0 Å². The summed E-state index contributed by atoms with van der Waals surface area (Å²) < 4.78 is 31.5. The monoisotopic (exact) mass is 658 g/mol. The van der Waals surface area contributed by atoms with Crippen molar-refractivity contribution in [3.8, 4) is 16.8 Å². The molecule has 0 fully saturated rings. The molecule has 0 aliphatic carbocycles. The van der Waals surface area contributed by atoms with Crippen LogP contribution in [0.5, 0.6) is 0 Å². The number of halogens is 1. The van der Waals surface area contributed by atoms with Gasteiger partial charge in [0.15, 0.2) is 14.9 Å². The van der Waals surface area contributed by atoms with Crippen molar-refractivity contribution in [1.29, 1.82) is 0 Å². The first kappa shape index (κ1) is 31.9. The van der Waals surface area contributed by atoms with E-state index in [1.807, 2.05) is 30.3 Å². The molecule has 0 spiro atoms. The van der Waals surface area contributed by atoms with Gasteiger partial charge in [0, 0.05) is 34.2 Å². The summed E-state index contributed by atoms with van der Waals surface area (Å²) >= 11 is 6.22. The molecular weight excluding hydrogens is 632 g/mol. The number of rotatable bonds is 10. The molecule has 0 bridgehead atoms. The fourth-order valence-corrected chi connectivity index (χ4v) is 5.50. The van der Waals surface area contributed by atoms with E-state index in [2.05, 4.69) is 41.1 Å². The highest BCUT2D eigenvalue weighted by atomic mass is 35.5. The predicted molar refractivity (Wildman–Crippen MR) is 171 cm³/mol. The van der Waals surface area contributed by atoms with Crippen molar-refractivity contribution in [2.24, 2.45) is 0 Å². The number of benzene rings is 3. The fraction of sp³-hybridized carbons (Fsp3) is 0.129. The molecule has 5 aromatic rings. The highest BCUT2D eigenvalue weighted by Gasteiger charge is 2.23. The van der Waals surface area contributed by atoms with E-state index >= 15 is 0 Å². The van der Waals surface area contributed by atoms with Gasteiger partial charge in [-0.05, 0) is 70.4 Å². The van der Waals surface area contributed by atoms with Gasteiger partial charge in [0.2, 0.25) is 5.91 Å². The van der Waals surface area contributed by atoms with Gasteiger partial charge in [-0.2, -0.15) is 9.78 Å². The standard InChI is InChI=1S/C31H27ClN8O5S/c1-45-31(42)34-24-12-8-21(9-13-24)25-18-27(36-37-30(25)46(2,43)44)26(16-20-6-4-3-5-7-20)35-29(41)15-10-22-17-23(32)11-14-28(22)40-19-33-38-39-40/h3-15,17-19,26H,16H2,1-2H3,(H,34,42)(H,35,41)/b15-10+. The Balaban J connectivity index is 1.49. The summed E-state index contributed by atoms with van der Waals surface area (Å²) in [4.78, 5) is 24.9. The van der Waals surface area contributed by atoms with Crippen LogP contribution in [0.4, 0.5) is 10.5 Å². The second-order valence-electron chi connectivity index (χ2n) is 10.00. The molecule has 3 aromatic carbocycles. The van der Waals surface area contributed by atoms with Gasteiger partial charge in [-0.3, -0.25) is 10.1 Å². The van der Waals surface area contributed by atoms with Crippen molar-refractivity contribution in [3.05, 3.63) is 113 Å². The Hall–Kier alpha value is -5.47. The van der Waals surface area contributed by atoms with E-state index in [4.69, 9.17) is 11.6 Å². The summed E-state index contributed by atoms with van der Waals surface area (Å²) in [6, 6.07) is 21.9. The first-order valence-corrected chi connectivity index (χ1v) is 16.0. The number of amides is 2. The van der Waals surface area contributed by atoms with E-state index in [0.29, 0.717) is 39.6 Å². The van der Waals surface area contributed by atoms with Gasteiger partial charge >= 0.3 is 6.09 Å². The van der Waals surface area contributed by atoms with Crippen LogP contribution in [-0.2, 0) is 25.8 Å². The van der Waals surface area contributed by atoms with Gasteiger partial charge in [-0.1, -0.05) is 54.1 Å². The average molecular weight is 659 g/mol. The third-order valence-corrected chi connectivity index (χ3v) is 7.95. The summed E-state index contributed by atoms with van der Waals surface area (Å²) in [7, 11) is -2.55. The number of methoxy groups -OCH3 is 1. The molecule has 0 aliphatic heterocycles. The maximum Gasteiger partial charge on any atom is 0.411 e. The number of sulfone groups is 1. The number of nitrogens with zero attached hydrogens (tertiary/aromatic N) is 6. The average Bonchev–Trinajstić information content (AvgIpc) is 3.58. The number of tetrazole rings is 1. The highest BCUT2D eigenvalue weighted by Crippen LogP contribution is 2.30. The molecule has 46 heavy (non-hydrogen) atoms. The lowest BCUT2D eigenvalue weighted by molar-refractivity contribution is -0.117. The van der Waals surface area contributed by atoms with Crippen molar-refractivity contribution in [1.82, 2.24) is 35.7 Å². The summed E-state index contributed by atoms with van der Waals surface area (Å²) in [6.45, 7) is 0. The minimum Gasteiger partial charge on any atom is -0.453 e. The van der Waals surface area contributed by atoms with Crippen molar-refractivity contribution >= 4 is 45.2 Å². The molecule has 15 heteroatoms. The maximum absolute atomic E-state index is 13.3. The summed E-state index contributed by atoms with van der Waals surface area (Å²) in [5, 5.41) is 25.3. The number of anilines is 1. The van der Waals surface area contributed by atoms with Crippen molar-refractivity contribution in [3.63, 3.8) is 0 Å². The van der Waals surface area contributed by atoms with Crippen LogP contribution in [0.2, 0.25) is 5.02 Å². The van der Waals surface area contributed by atoms with Crippen molar-refractivity contribution in [2.45, 2.75) is 17.5 Å². The summed E-state index contributed by atoms with van der Waals surface area (Å²) in [6.07, 6.45) is 5.10. The van der Waals surface area contributed by atoms with Gasteiger partial charge in [0.25, 0.3) is 0 Å². The van der Waals surface area contributed by atoms with Crippen LogP contribution < -0.4 is 10.6 Å². The van der Waals surface area contributed by atoms with Gasteiger partial charge in [-0.25, -0.2) is 13.2 Å². The van der Waals surface area contributed by atoms with E-state index in [-0.39, 0.29) is 10.6 Å². The second-order valence-corrected chi connectivity index (χ2v) is 12.4. The van der Waals surface area contributed by atoms with Gasteiger partial charge < -0.3 is 10.1 Å². The van der Waals surface area contributed by atoms with Gasteiger partial charge in [0.1, 0.15) is 6.33 Å². The Kier molecular flexibility index (Phi) is 9.79. The summed E-state index contributed by atoms with van der Waals surface area (Å²) in [5.41, 5.74) is 3.68. The Bertz CT molecular complexity index is 1990. The number of hydrogen-bond donors (Lipinski definition) is 2. The number of aromatic nitrogens is 6. The normalized spacial score (nSPS) is 12.1. The van der Waals surface area contributed by atoms with Crippen molar-refractivity contribution in [2.75, 3.05) is 18.7 Å². The molecule has 2 amide bonds. The quantitative estimate of drug-likeness (QED) is 0.204. The Labute approximate surface area is 269 Å². The lowest BCUT2D eigenvalue weighted by Gasteiger charge is -2.19.